The molecule has 1 saturated heterocycles. The third-order valence-corrected chi connectivity index (χ3v) is 4.03. The van der Waals surface area contributed by atoms with Crippen molar-refractivity contribution in [1.29, 1.82) is 0 Å². The van der Waals surface area contributed by atoms with E-state index >= 15 is 0 Å². The Hall–Kier alpha value is -2.56. The molecule has 0 saturated carbocycles. The molecule has 1 fully saturated rings. The SMILES string of the molecule is c1ccc(N2CCN(c3ncnc4cc[nH]c34)CC2)cc1. The molecule has 0 spiro atoms. The molecule has 0 atom stereocenters. The van der Waals surface area contributed by atoms with Crippen LogP contribution >= 0.6 is 0 Å². The number of fused-ring (bicyclic) bond motifs is 1. The summed E-state index contributed by atoms with van der Waals surface area (Å²) in [6, 6.07) is 12.6. The molecular weight excluding hydrogens is 262 g/mol. The predicted molar refractivity (Wildman–Crippen MR) is 84.8 cm³/mol. The molecule has 106 valence electrons. The quantitative estimate of drug-likeness (QED) is 0.782. The smallest absolute Gasteiger partial charge is 0.156 e. The Balaban J connectivity index is 1.54. The van der Waals surface area contributed by atoms with Gasteiger partial charge < -0.3 is 14.8 Å². The van der Waals surface area contributed by atoms with E-state index in [2.05, 4.69) is 55.1 Å². The standard InChI is InChI=1S/C16H17N5/c1-2-4-13(5-3-1)20-8-10-21(11-9-20)16-15-14(6-7-17-15)18-12-19-16/h1-7,12,17H,8-11H2. The van der Waals surface area contributed by atoms with Gasteiger partial charge in [0.2, 0.25) is 0 Å². The van der Waals surface area contributed by atoms with E-state index in [1.54, 1.807) is 6.33 Å². The number of rotatable bonds is 2. The van der Waals surface area contributed by atoms with Gasteiger partial charge in [-0.1, -0.05) is 18.2 Å². The molecule has 5 nitrogen and oxygen atoms in total. The largest absolute Gasteiger partial charge is 0.368 e. The number of hydrogen-bond acceptors (Lipinski definition) is 4. The third kappa shape index (κ3) is 2.20. The second kappa shape index (κ2) is 5.09. The van der Waals surface area contributed by atoms with Crippen molar-refractivity contribution in [3.8, 4) is 0 Å². The van der Waals surface area contributed by atoms with Gasteiger partial charge in [0.05, 0.1) is 5.52 Å². The molecule has 0 bridgehead atoms. The Morgan fingerprint density at radius 2 is 1.62 bits per heavy atom. The molecule has 1 aromatic carbocycles. The molecule has 3 aromatic rings. The minimum atomic E-state index is 0.972. The molecule has 2 aromatic heterocycles. The highest BCUT2D eigenvalue weighted by Crippen LogP contribution is 2.23. The summed E-state index contributed by atoms with van der Waals surface area (Å²) in [7, 11) is 0. The minimum Gasteiger partial charge on any atom is -0.368 e. The molecule has 0 unspecified atom stereocenters. The molecule has 1 N–H and O–H groups in total. The van der Waals surface area contributed by atoms with Crippen molar-refractivity contribution in [3.05, 3.63) is 48.9 Å². The van der Waals surface area contributed by atoms with Crippen molar-refractivity contribution in [1.82, 2.24) is 15.0 Å². The van der Waals surface area contributed by atoms with Crippen LogP contribution in [0.15, 0.2) is 48.9 Å². The van der Waals surface area contributed by atoms with Crippen molar-refractivity contribution >= 4 is 22.5 Å². The fourth-order valence-electron chi connectivity index (χ4n) is 2.91. The number of hydrogen-bond donors (Lipinski definition) is 1. The molecule has 1 aliphatic heterocycles. The van der Waals surface area contributed by atoms with Gasteiger partial charge in [0.15, 0.2) is 5.82 Å². The maximum Gasteiger partial charge on any atom is 0.156 e. The lowest BCUT2D eigenvalue weighted by atomic mass is 10.2. The fourth-order valence-corrected chi connectivity index (χ4v) is 2.91. The van der Waals surface area contributed by atoms with Crippen LogP contribution in [0, 0.1) is 0 Å². The zero-order chi connectivity index (χ0) is 14.1. The lowest BCUT2D eigenvalue weighted by molar-refractivity contribution is 0.648. The van der Waals surface area contributed by atoms with Gasteiger partial charge in [-0.15, -0.1) is 0 Å². The van der Waals surface area contributed by atoms with Gasteiger partial charge in [-0.2, -0.15) is 0 Å². The average Bonchev–Trinajstić information content (AvgIpc) is 3.04. The zero-order valence-corrected chi connectivity index (χ0v) is 11.7. The topological polar surface area (TPSA) is 48.1 Å². The number of nitrogens with one attached hydrogen (secondary N) is 1. The van der Waals surface area contributed by atoms with Crippen LogP contribution in [0.4, 0.5) is 11.5 Å². The Morgan fingerprint density at radius 3 is 2.43 bits per heavy atom. The number of H-pyrrole nitrogens is 1. The first-order valence-corrected chi connectivity index (χ1v) is 7.25. The van der Waals surface area contributed by atoms with E-state index in [0.717, 1.165) is 43.0 Å². The van der Waals surface area contributed by atoms with Crippen LogP contribution < -0.4 is 9.80 Å². The second-order valence-corrected chi connectivity index (χ2v) is 5.24. The molecule has 4 rings (SSSR count). The van der Waals surface area contributed by atoms with Crippen molar-refractivity contribution in [3.63, 3.8) is 0 Å². The first kappa shape index (κ1) is 12.2. The molecular formula is C16H17N5. The minimum absolute atomic E-state index is 0.972. The average molecular weight is 279 g/mol. The van der Waals surface area contributed by atoms with Crippen LogP contribution in [0.25, 0.3) is 11.0 Å². The number of piperazine rings is 1. The summed E-state index contributed by atoms with van der Waals surface area (Å²) in [5, 5.41) is 0. The van der Waals surface area contributed by atoms with Crippen molar-refractivity contribution in [2.45, 2.75) is 0 Å². The summed E-state index contributed by atoms with van der Waals surface area (Å²) in [4.78, 5) is 16.7. The summed E-state index contributed by atoms with van der Waals surface area (Å²) >= 11 is 0. The maximum absolute atomic E-state index is 4.47. The molecule has 21 heavy (non-hydrogen) atoms. The Kier molecular flexibility index (Phi) is 2.96. The van der Waals surface area contributed by atoms with Crippen LogP contribution in [0.3, 0.4) is 0 Å². The van der Waals surface area contributed by atoms with E-state index in [4.69, 9.17) is 0 Å². The molecule has 0 radical (unpaired) electrons. The predicted octanol–water partition coefficient (Wildman–Crippen LogP) is 2.28. The van der Waals surface area contributed by atoms with Crippen LogP contribution in [0.2, 0.25) is 0 Å². The number of benzene rings is 1. The lowest BCUT2D eigenvalue weighted by Crippen LogP contribution is -2.46. The van der Waals surface area contributed by atoms with Gasteiger partial charge >= 0.3 is 0 Å². The number of aromatic amines is 1. The van der Waals surface area contributed by atoms with E-state index in [9.17, 15) is 0 Å². The van der Waals surface area contributed by atoms with Crippen molar-refractivity contribution < 1.29 is 0 Å². The highest BCUT2D eigenvalue weighted by Gasteiger charge is 2.20. The van der Waals surface area contributed by atoms with Crippen molar-refractivity contribution in [2.75, 3.05) is 36.0 Å². The van der Waals surface area contributed by atoms with Crippen molar-refractivity contribution in [2.24, 2.45) is 0 Å². The van der Waals surface area contributed by atoms with Gasteiger partial charge in [0.25, 0.3) is 0 Å². The maximum atomic E-state index is 4.47. The van der Waals surface area contributed by atoms with Crippen LogP contribution in [0.1, 0.15) is 0 Å². The van der Waals surface area contributed by atoms with Gasteiger partial charge in [0.1, 0.15) is 11.8 Å². The Morgan fingerprint density at radius 1 is 0.857 bits per heavy atom. The molecule has 5 heteroatoms. The Bertz CT molecular complexity index is 729. The number of anilines is 2. The van der Waals surface area contributed by atoms with Gasteiger partial charge in [-0.25, -0.2) is 9.97 Å². The summed E-state index contributed by atoms with van der Waals surface area (Å²) in [5.41, 5.74) is 3.31. The van der Waals surface area contributed by atoms with E-state index in [0.29, 0.717) is 0 Å². The first-order chi connectivity index (χ1) is 10.4. The highest BCUT2D eigenvalue weighted by atomic mass is 15.3. The van der Waals surface area contributed by atoms with E-state index in [1.807, 2.05) is 12.3 Å². The molecule has 0 amide bonds. The highest BCUT2D eigenvalue weighted by molar-refractivity contribution is 5.86. The first-order valence-electron chi connectivity index (χ1n) is 7.25. The molecule has 0 aliphatic carbocycles. The lowest BCUT2D eigenvalue weighted by Gasteiger charge is -2.36. The van der Waals surface area contributed by atoms with Gasteiger partial charge in [0, 0.05) is 38.1 Å². The van der Waals surface area contributed by atoms with E-state index in [1.165, 1.54) is 5.69 Å². The van der Waals surface area contributed by atoms with E-state index < -0.39 is 0 Å². The van der Waals surface area contributed by atoms with Crippen LogP contribution in [-0.2, 0) is 0 Å². The van der Waals surface area contributed by atoms with Crippen LogP contribution in [0.5, 0.6) is 0 Å². The van der Waals surface area contributed by atoms with E-state index in [-0.39, 0.29) is 0 Å². The summed E-state index contributed by atoms with van der Waals surface area (Å²) in [6.07, 6.45) is 3.57. The fraction of sp³-hybridized carbons (Fsp3) is 0.250. The summed E-state index contributed by atoms with van der Waals surface area (Å²) in [5.74, 6) is 1.01. The van der Waals surface area contributed by atoms with Gasteiger partial charge in [-0.05, 0) is 18.2 Å². The number of nitrogens with zero attached hydrogens (tertiary/aromatic N) is 4. The summed E-state index contributed by atoms with van der Waals surface area (Å²) in [6.45, 7) is 3.96. The van der Waals surface area contributed by atoms with Crippen LogP contribution in [-0.4, -0.2) is 41.1 Å². The Labute approximate surface area is 123 Å². The second-order valence-electron chi connectivity index (χ2n) is 5.24. The van der Waals surface area contributed by atoms with Gasteiger partial charge in [-0.3, -0.25) is 0 Å². The zero-order valence-electron chi connectivity index (χ0n) is 11.7. The molecule has 3 heterocycles. The number of aromatic nitrogens is 3. The third-order valence-electron chi connectivity index (χ3n) is 4.03. The monoisotopic (exact) mass is 279 g/mol. The molecule has 1 aliphatic rings. The number of para-hydroxylation sites is 1. The summed E-state index contributed by atoms with van der Waals surface area (Å²) < 4.78 is 0. The normalized spacial score (nSPS) is 15.6.